The summed E-state index contributed by atoms with van der Waals surface area (Å²) >= 11 is 0. The average Bonchev–Trinajstić information content (AvgIpc) is 3.20. The number of hydrogen-bond acceptors (Lipinski definition) is 6. The van der Waals surface area contributed by atoms with Crippen LogP contribution in [0, 0.1) is 5.92 Å². The lowest BCUT2D eigenvalue weighted by molar-refractivity contribution is 0.0921. The Hall–Kier alpha value is -3.03. The van der Waals surface area contributed by atoms with E-state index < -0.39 is 6.04 Å². The number of nitrogens with zero attached hydrogens (tertiary/aromatic N) is 5. The van der Waals surface area contributed by atoms with Crippen LogP contribution in [0.4, 0.5) is 0 Å². The van der Waals surface area contributed by atoms with E-state index in [2.05, 4.69) is 31.6 Å². The maximum atomic E-state index is 12.7. The summed E-state index contributed by atoms with van der Waals surface area (Å²) in [6.07, 6.45) is 10.8. The summed E-state index contributed by atoms with van der Waals surface area (Å²) in [7, 11) is 0. The van der Waals surface area contributed by atoms with E-state index in [1.54, 1.807) is 16.9 Å². The van der Waals surface area contributed by atoms with Gasteiger partial charge in [0.1, 0.15) is 11.7 Å². The highest BCUT2D eigenvalue weighted by atomic mass is 16.5. The highest BCUT2D eigenvalue weighted by Crippen LogP contribution is 2.34. The van der Waals surface area contributed by atoms with Crippen molar-refractivity contribution in [1.82, 2.24) is 30.2 Å². The highest BCUT2D eigenvalue weighted by Gasteiger charge is 2.26. The van der Waals surface area contributed by atoms with Crippen LogP contribution in [0.25, 0.3) is 11.4 Å². The molecule has 8 nitrogen and oxygen atoms in total. The molecule has 3 aromatic heterocycles. The van der Waals surface area contributed by atoms with Gasteiger partial charge in [0.05, 0.1) is 0 Å². The van der Waals surface area contributed by atoms with Gasteiger partial charge in [0.2, 0.25) is 11.7 Å². The van der Waals surface area contributed by atoms with Crippen LogP contribution < -0.4 is 5.32 Å². The number of nitrogens with one attached hydrogen (secondary N) is 1. The standard InChI is InChI=1S/C22H26N6O2/c1-14(25-21(29)19-9-11-24-28(19)13-15-6-7-15)22-26-20(27-30-22)17-8-10-23-18(12-17)16-4-2-3-5-16/h8-12,14-16H,2-7,13H2,1H3,(H,25,29). The Morgan fingerprint density at radius 2 is 2.07 bits per heavy atom. The summed E-state index contributed by atoms with van der Waals surface area (Å²) in [5.41, 5.74) is 2.55. The van der Waals surface area contributed by atoms with Gasteiger partial charge in [-0.3, -0.25) is 14.5 Å². The lowest BCUT2D eigenvalue weighted by Crippen LogP contribution is -2.29. The van der Waals surface area contributed by atoms with Gasteiger partial charge < -0.3 is 9.84 Å². The molecule has 1 amide bonds. The van der Waals surface area contributed by atoms with Crippen LogP contribution in [0.2, 0.25) is 0 Å². The maximum absolute atomic E-state index is 12.7. The molecule has 2 fully saturated rings. The molecule has 1 N–H and O–H groups in total. The topological polar surface area (TPSA) is 98.7 Å². The van der Waals surface area contributed by atoms with Gasteiger partial charge in [-0.2, -0.15) is 10.1 Å². The highest BCUT2D eigenvalue weighted by molar-refractivity contribution is 5.92. The molecule has 5 rings (SSSR count). The molecule has 0 saturated heterocycles. The van der Waals surface area contributed by atoms with Gasteiger partial charge >= 0.3 is 0 Å². The SMILES string of the molecule is CC(NC(=O)c1ccnn1CC1CC1)c1nc(-c2ccnc(C3CCCC3)c2)no1. The summed E-state index contributed by atoms with van der Waals surface area (Å²) in [5, 5.41) is 11.4. The summed E-state index contributed by atoms with van der Waals surface area (Å²) in [4.78, 5) is 21.8. The van der Waals surface area contributed by atoms with E-state index in [0.717, 1.165) is 17.8 Å². The summed E-state index contributed by atoms with van der Waals surface area (Å²) in [6, 6.07) is 5.29. The van der Waals surface area contributed by atoms with Crippen molar-refractivity contribution in [2.75, 3.05) is 0 Å². The fourth-order valence-corrected chi connectivity index (χ4v) is 4.11. The van der Waals surface area contributed by atoms with Crippen LogP contribution in [0.15, 0.2) is 35.1 Å². The number of pyridine rings is 1. The Morgan fingerprint density at radius 1 is 1.23 bits per heavy atom. The van der Waals surface area contributed by atoms with E-state index >= 15 is 0 Å². The van der Waals surface area contributed by atoms with Crippen molar-refractivity contribution in [3.63, 3.8) is 0 Å². The van der Waals surface area contributed by atoms with Gasteiger partial charge in [0, 0.05) is 36.1 Å². The first kappa shape index (κ1) is 19.0. The third kappa shape index (κ3) is 3.99. The zero-order chi connectivity index (χ0) is 20.5. The minimum absolute atomic E-state index is 0.187. The van der Waals surface area contributed by atoms with Gasteiger partial charge in [0.25, 0.3) is 5.91 Å². The zero-order valence-electron chi connectivity index (χ0n) is 17.1. The van der Waals surface area contributed by atoms with Gasteiger partial charge in [-0.15, -0.1) is 0 Å². The fourth-order valence-electron chi connectivity index (χ4n) is 4.11. The Bertz CT molecular complexity index is 1030. The fraction of sp³-hybridized carbons (Fsp3) is 0.500. The smallest absolute Gasteiger partial charge is 0.270 e. The van der Waals surface area contributed by atoms with E-state index in [0.29, 0.717) is 29.2 Å². The molecule has 2 aliphatic carbocycles. The van der Waals surface area contributed by atoms with Crippen molar-refractivity contribution >= 4 is 5.91 Å². The third-order valence-electron chi connectivity index (χ3n) is 6.05. The van der Waals surface area contributed by atoms with E-state index in [9.17, 15) is 4.79 Å². The number of aromatic nitrogens is 5. The first-order chi connectivity index (χ1) is 14.7. The molecule has 1 unspecified atom stereocenters. The Balaban J connectivity index is 1.27. The molecule has 0 radical (unpaired) electrons. The molecule has 2 aliphatic rings. The van der Waals surface area contributed by atoms with E-state index in [4.69, 9.17) is 4.52 Å². The number of hydrogen-bond donors (Lipinski definition) is 1. The maximum Gasteiger partial charge on any atom is 0.270 e. The molecule has 30 heavy (non-hydrogen) atoms. The van der Waals surface area contributed by atoms with Gasteiger partial charge in [-0.1, -0.05) is 18.0 Å². The number of carbonyl (C=O) groups is 1. The van der Waals surface area contributed by atoms with Crippen molar-refractivity contribution in [3.05, 3.63) is 47.9 Å². The van der Waals surface area contributed by atoms with Gasteiger partial charge in [-0.25, -0.2) is 0 Å². The molecule has 1 atom stereocenters. The zero-order valence-corrected chi connectivity index (χ0v) is 17.1. The quantitative estimate of drug-likeness (QED) is 0.639. The Morgan fingerprint density at radius 3 is 2.87 bits per heavy atom. The first-order valence-electron chi connectivity index (χ1n) is 10.8. The summed E-state index contributed by atoms with van der Waals surface area (Å²) in [6.45, 7) is 2.63. The molecule has 0 spiro atoms. The lowest BCUT2D eigenvalue weighted by atomic mass is 10.0. The second kappa shape index (κ2) is 8.01. The van der Waals surface area contributed by atoms with Gasteiger partial charge in [0.15, 0.2) is 0 Å². The van der Waals surface area contributed by atoms with Crippen LogP contribution in [0.1, 0.15) is 79.5 Å². The largest absolute Gasteiger partial charge is 0.339 e. The third-order valence-corrected chi connectivity index (χ3v) is 6.05. The first-order valence-corrected chi connectivity index (χ1v) is 10.8. The lowest BCUT2D eigenvalue weighted by Gasteiger charge is -2.11. The monoisotopic (exact) mass is 406 g/mol. The molecular formula is C22H26N6O2. The second-order valence-corrected chi connectivity index (χ2v) is 8.44. The van der Waals surface area contributed by atoms with E-state index in [1.165, 1.54) is 38.5 Å². The Kier molecular flexibility index (Phi) is 5.06. The van der Waals surface area contributed by atoms with Crippen molar-refractivity contribution in [1.29, 1.82) is 0 Å². The number of amides is 1. The molecule has 8 heteroatoms. The van der Waals surface area contributed by atoms with Gasteiger partial charge in [-0.05, 0) is 56.7 Å². The van der Waals surface area contributed by atoms with Crippen molar-refractivity contribution in [2.45, 2.75) is 64.0 Å². The molecule has 156 valence electrons. The predicted molar refractivity (Wildman–Crippen MR) is 110 cm³/mol. The van der Waals surface area contributed by atoms with Crippen molar-refractivity contribution in [3.8, 4) is 11.4 Å². The second-order valence-electron chi connectivity index (χ2n) is 8.44. The van der Waals surface area contributed by atoms with Crippen molar-refractivity contribution in [2.24, 2.45) is 5.92 Å². The normalized spacial score (nSPS) is 17.9. The molecule has 2 saturated carbocycles. The van der Waals surface area contributed by atoms with Crippen LogP contribution in [-0.2, 0) is 6.54 Å². The summed E-state index contributed by atoms with van der Waals surface area (Å²) in [5.74, 6) is 1.88. The molecular weight excluding hydrogens is 380 g/mol. The predicted octanol–water partition coefficient (Wildman–Crippen LogP) is 3.89. The van der Waals surface area contributed by atoms with E-state index in [1.807, 2.05) is 19.2 Å². The summed E-state index contributed by atoms with van der Waals surface area (Å²) < 4.78 is 7.23. The average molecular weight is 406 g/mol. The molecule has 0 bridgehead atoms. The van der Waals surface area contributed by atoms with E-state index in [-0.39, 0.29) is 5.91 Å². The molecule has 0 aliphatic heterocycles. The molecule has 3 heterocycles. The van der Waals surface area contributed by atoms with Crippen molar-refractivity contribution < 1.29 is 9.32 Å². The minimum Gasteiger partial charge on any atom is -0.339 e. The molecule has 3 aromatic rings. The van der Waals surface area contributed by atoms with Crippen LogP contribution in [0.5, 0.6) is 0 Å². The Labute approximate surface area is 175 Å². The van der Waals surface area contributed by atoms with Crippen LogP contribution in [0.3, 0.4) is 0 Å². The van der Waals surface area contributed by atoms with Crippen LogP contribution in [-0.4, -0.2) is 30.8 Å². The number of carbonyl (C=O) groups excluding carboxylic acids is 1. The van der Waals surface area contributed by atoms with Crippen LogP contribution >= 0.6 is 0 Å². The number of rotatable bonds is 7. The minimum atomic E-state index is -0.404. The molecule has 0 aromatic carbocycles.